The molecule has 0 bridgehead atoms. The zero-order valence-corrected chi connectivity index (χ0v) is 6.29. The maximum atomic E-state index is 10.9. The SMILES string of the molecule is CC1=CC(C)(C)[N+](=O)N1[O-]. The van der Waals surface area contributed by atoms with Crippen molar-refractivity contribution in [3.8, 4) is 0 Å². The molecule has 0 aliphatic carbocycles. The topological polar surface area (TPSA) is 46.4 Å². The Morgan fingerprint density at radius 1 is 1.70 bits per heavy atom. The first-order valence-electron chi connectivity index (χ1n) is 3.09. The Morgan fingerprint density at radius 3 is 2.30 bits per heavy atom. The van der Waals surface area contributed by atoms with Crippen LogP contribution in [0, 0.1) is 10.1 Å². The summed E-state index contributed by atoms with van der Waals surface area (Å²) >= 11 is 0. The van der Waals surface area contributed by atoms with Crippen LogP contribution in [-0.2, 0) is 0 Å². The van der Waals surface area contributed by atoms with Crippen molar-refractivity contribution in [3.63, 3.8) is 0 Å². The Morgan fingerprint density at radius 2 is 2.20 bits per heavy atom. The van der Waals surface area contributed by atoms with Crippen LogP contribution in [-0.4, -0.2) is 15.6 Å². The highest BCUT2D eigenvalue weighted by molar-refractivity contribution is 5.08. The van der Waals surface area contributed by atoms with Gasteiger partial charge in [0, 0.05) is 19.9 Å². The zero-order valence-electron chi connectivity index (χ0n) is 6.29. The second-order valence-corrected chi connectivity index (χ2v) is 2.99. The second-order valence-electron chi connectivity index (χ2n) is 2.99. The van der Waals surface area contributed by atoms with Crippen LogP contribution in [0.25, 0.3) is 0 Å². The van der Waals surface area contributed by atoms with Gasteiger partial charge in [-0.15, -0.1) is 0 Å². The quantitative estimate of drug-likeness (QED) is 0.477. The van der Waals surface area contributed by atoms with Crippen LogP contribution in [0.5, 0.6) is 0 Å². The summed E-state index contributed by atoms with van der Waals surface area (Å²) in [6, 6.07) is 0. The number of rotatable bonds is 0. The van der Waals surface area contributed by atoms with Gasteiger partial charge in [0.25, 0.3) is 5.54 Å². The minimum atomic E-state index is -0.675. The minimum Gasteiger partial charge on any atom is -0.700 e. The van der Waals surface area contributed by atoms with Crippen LogP contribution in [0.4, 0.5) is 0 Å². The Labute approximate surface area is 59.3 Å². The predicted molar refractivity (Wildman–Crippen MR) is 36.7 cm³/mol. The number of nitroso groups, excluding NO2 is 1. The van der Waals surface area contributed by atoms with E-state index in [1.165, 1.54) is 0 Å². The number of hydrogen-bond donors (Lipinski definition) is 0. The van der Waals surface area contributed by atoms with Crippen LogP contribution in [0.2, 0.25) is 0 Å². The normalized spacial score (nSPS) is 23.4. The van der Waals surface area contributed by atoms with Crippen molar-refractivity contribution < 1.29 is 4.87 Å². The lowest BCUT2D eigenvalue weighted by Gasteiger charge is -2.15. The molecule has 4 nitrogen and oxygen atoms in total. The van der Waals surface area contributed by atoms with Gasteiger partial charge in [-0.2, -0.15) is 5.17 Å². The number of nitrogens with zero attached hydrogens (tertiary/aromatic N) is 2. The van der Waals surface area contributed by atoms with E-state index in [1.54, 1.807) is 26.8 Å². The van der Waals surface area contributed by atoms with Crippen molar-refractivity contribution in [2.75, 3.05) is 0 Å². The van der Waals surface area contributed by atoms with Gasteiger partial charge in [-0.25, -0.2) is 0 Å². The third kappa shape index (κ3) is 0.806. The van der Waals surface area contributed by atoms with Crippen molar-refractivity contribution >= 4 is 0 Å². The van der Waals surface area contributed by atoms with Gasteiger partial charge in [-0.1, -0.05) is 0 Å². The van der Waals surface area contributed by atoms with E-state index in [9.17, 15) is 10.1 Å². The lowest BCUT2D eigenvalue weighted by molar-refractivity contribution is -0.719. The Kier molecular flexibility index (Phi) is 1.29. The molecule has 0 amide bonds. The van der Waals surface area contributed by atoms with E-state index in [0.29, 0.717) is 15.7 Å². The largest absolute Gasteiger partial charge is 0.700 e. The van der Waals surface area contributed by atoms with Crippen LogP contribution < -0.4 is 0 Å². The average Bonchev–Trinajstić information content (AvgIpc) is 1.95. The molecule has 0 spiro atoms. The fourth-order valence-electron chi connectivity index (χ4n) is 0.999. The van der Waals surface area contributed by atoms with Crippen molar-refractivity contribution in [2.45, 2.75) is 26.3 Å². The third-order valence-corrected chi connectivity index (χ3v) is 1.52. The summed E-state index contributed by atoms with van der Waals surface area (Å²) in [5, 5.41) is 11.1. The van der Waals surface area contributed by atoms with Crippen molar-refractivity contribution in [2.24, 2.45) is 0 Å². The van der Waals surface area contributed by atoms with Crippen molar-refractivity contribution in [1.82, 2.24) is 5.17 Å². The number of allylic oxidation sites excluding steroid dienone is 1. The van der Waals surface area contributed by atoms with Crippen LogP contribution in [0.3, 0.4) is 0 Å². The summed E-state index contributed by atoms with van der Waals surface area (Å²) in [6.45, 7) is 5.01. The van der Waals surface area contributed by atoms with E-state index < -0.39 is 5.54 Å². The summed E-state index contributed by atoms with van der Waals surface area (Å²) in [5.41, 5.74) is -0.216. The van der Waals surface area contributed by atoms with Crippen LogP contribution >= 0.6 is 0 Å². The lowest BCUT2D eigenvalue weighted by atomic mass is 10.1. The molecular weight excluding hydrogens is 132 g/mol. The van der Waals surface area contributed by atoms with Gasteiger partial charge < -0.3 is 5.21 Å². The van der Waals surface area contributed by atoms with E-state index in [-0.39, 0.29) is 0 Å². The summed E-state index contributed by atoms with van der Waals surface area (Å²) in [6.07, 6.45) is 1.65. The van der Waals surface area contributed by atoms with Gasteiger partial charge in [0.2, 0.25) is 0 Å². The standard InChI is InChI=1S/C6H10N2O2/c1-5-4-6(2,3)8(10)7(5)9/h4H,1-3H3. The molecule has 0 aromatic heterocycles. The molecule has 0 saturated carbocycles. The Hall–Kier alpha value is -0.900. The first-order chi connectivity index (χ1) is 4.45. The Bertz CT molecular complexity index is 208. The molecule has 4 heteroatoms. The molecule has 0 aromatic rings. The fourth-order valence-corrected chi connectivity index (χ4v) is 0.999. The van der Waals surface area contributed by atoms with E-state index in [2.05, 4.69) is 0 Å². The molecule has 1 heterocycles. The highest BCUT2D eigenvalue weighted by Gasteiger charge is 2.41. The van der Waals surface area contributed by atoms with Gasteiger partial charge in [0.05, 0.1) is 10.6 Å². The van der Waals surface area contributed by atoms with Crippen LogP contribution in [0.15, 0.2) is 11.8 Å². The molecule has 0 radical (unpaired) electrons. The monoisotopic (exact) mass is 142 g/mol. The van der Waals surface area contributed by atoms with Gasteiger partial charge in [-0.05, 0) is 6.92 Å². The molecular formula is C6H10N2O2. The molecule has 0 saturated heterocycles. The van der Waals surface area contributed by atoms with E-state index in [0.717, 1.165) is 0 Å². The maximum absolute atomic E-state index is 10.9. The summed E-state index contributed by atoms with van der Waals surface area (Å²) in [4.78, 5) is 11.3. The van der Waals surface area contributed by atoms with E-state index >= 15 is 0 Å². The van der Waals surface area contributed by atoms with Gasteiger partial charge >= 0.3 is 0 Å². The molecule has 0 unspecified atom stereocenters. The minimum absolute atomic E-state index is 0.361. The molecule has 1 aliphatic rings. The molecule has 1 aliphatic heterocycles. The van der Waals surface area contributed by atoms with Gasteiger partial charge in [0.15, 0.2) is 0 Å². The first kappa shape index (κ1) is 7.21. The molecule has 0 fully saturated rings. The summed E-state index contributed by atoms with van der Waals surface area (Å²) < 4.78 is 0. The molecule has 0 N–H and O–H groups in total. The maximum Gasteiger partial charge on any atom is 0.257 e. The second kappa shape index (κ2) is 1.79. The van der Waals surface area contributed by atoms with Crippen molar-refractivity contribution in [1.29, 1.82) is 0 Å². The van der Waals surface area contributed by atoms with Gasteiger partial charge in [-0.3, -0.25) is 0 Å². The fraction of sp³-hybridized carbons (Fsp3) is 0.667. The number of hydrogen-bond acceptors (Lipinski definition) is 2. The first-order valence-corrected chi connectivity index (χ1v) is 3.09. The highest BCUT2D eigenvalue weighted by atomic mass is 16.6. The molecule has 56 valence electrons. The van der Waals surface area contributed by atoms with E-state index in [4.69, 9.17) is 0 Å². The number of hydroxylamine groups is 1. The number of hydrazine groups is 1. The molecule has 1 rings (SSSR count). The van der Waals surface area contributed by atoms with Crippen molar-refractivity contribution in [3.05, 3.63) is 21.9 Å². The highest BCUT2D eigenvalue weighted by Crippen LogP contribution is 2.24. The average molecular weight is 142 g/mol. The Balaban J connectivity index is 2.98. The van der Waals surface area contributed by atoms with Crippen LogP contribution in [0.1, 0.15) is 20.8 Å². The zero-order chi connectivity index (χ0) is 7.94. The summed E-state index contributed by atoms with van der Waals surface area (Å²) in [7, 11) is 0. The smallest absolute Gasteiger partial charge is 0.257 e. The molecule has 0 aromatic carbocycles. The molecule has 10 heavy (non-hydrogen) atoms. The molecule has 0 atom stereocenters. The van der Waals surface area contributed by atoms with E-state index in [1.807, 2.05) is 0 Å². The predicted octanol–water partition coefficient (Wildman–Crippen LogP) is 1.18. The lowest BCUT2D eigenvalue weighted by Crippen LogP contribution is -2.34. The third-order valence-electron chi connectivity index (χ3n) is 1.52. The summed E-state index contributed by atoms with van der Waals surface area (Å²) in [5.74, 6) is 0. The van der Waals surface area contributed by atoms with Gasteiger partial charge in [0.1, 0.15) is 4.87 Å².